The highest BCUT2D eigenvalue weighted by molar-refractivity contribution is 7.89. The van der Waals surface area contributed by atoms with Crippen LogP contribution in [-0.4, -0.2) is 35.1 Å². The number of nitrogens with one attached hydrogen (secondary N) is 2. The second-order valence-electron chi connectivity index (χ2n) is 8.52. The Morgan fingerprint density at radius 2 is 1.74 bits per heavy atom. The number of hydrogen-bond donors (Lipinski definition) is 2. The summed E-state index contributed by atoms with van der Waals surface area (Å²) in [6.07, 6.45) is 1.66. The van der Waals surface area contributed by atoms with E-state index in [2.05, 4.69) is 20.1 Å². The van der Waals surface area contributed by atoms with Gasteiger partial charge in [0.2, 0.25) is 10.0 Å². The van der Waals surface area contributed by atoms with Crippen LogP contribution < -0.4 is 10.0 Å². The smallest absolute Gasteiger partial charge is 0.256 e. The van der Waals surface area contributed by atoms with E-state index in [1.54, 1.807) is 36.9 Å². The molecular formula is C22H27N5O3S. The summed E-state index contributed by atoms with van der Waals surface area (Å²) < 4.78 is 28.7. The summed E-state index contributed by atoms with van der Waals surface area (Å²) >= 11 is 0. The van der Waals surface area contributed by atoms with Crippen molar-refractivity contribution in [1.82, 2.24) is 19.5 Å². The molecule has 0 fully saturated rings. The average molecular weight is 442 g/mol. The molecule has 0 aliphatic rings. The zero-order valence-corrected chi connectivity index (χ0v) is 19.1. The maximum Gasteiger partial charge on any atom is 0.256 e. The van der Waals surface area contributed by atoms with Gasteiger partial charge in [0.05, 0.1) is 10.6 Å². The van der Waals surface area contributed by atoms with Crippen LogP contribution in [-0.2, 0) is 15.4 Å². The maximum absolute atomic E-state index is 12.9. The number of sulfonamides is 1. The van der Waals surface area contributed by atoms with E-state index in [4.69, 9.17) is 0 Å². The first-order valence-corrected chi connectivity index (χ1v) is 11.4. The topological polar surface area (TPSA) is 106 Å². The van der Waals surface area contributed by atoms with Gasteiger partial charge in [-0.25, -0.2) is 18.1 Å². The zero-order valence-electron chi connectivity index (χ0n) is 18.2. The van der Waals surface area contributed by atoms with Gasteiger partial charge in [-0.05, 0) is 50.2 Å². The third kappa shape index (κ3) is 5.36. The molecule has 164 valence electrons. The molecule has 1 aromatic carbocycles. The second-order valence-corrected chi connectivity index (χ2v) is 10.2. The number of benzene rings is 1. The minimum absolute atomic E-state index is 0.103. The van der Waals surface area contributed by atoms with E-state index in [-0.39, 0.29) is 22.3 Å². The predicted octanol–water partition coefficient (Wildman–Crippen LogP) is 3.50. The highest BCUT2D eigenvalue weighted by Crippen LogP contribution is 2.26. The van der Waals surface area contributed by atoms with Crippen molar-refractivity contribution in [3.63, 3.8) is 0 Å². The van der Waals surface area contributed by atoms with Gasteiger partial charge in [0.1, 0.15) is 5.82 Å². The van der Waals surface area contributed by atoms with Crippen molar-refractivity contribution >= 4 is 21.7 Å². The molecule has 3 aromatic rings. The molecule has 0 spiro atoms. The number of nitrogens with zero attached hydrogens (tertiary/aromatic N) is 3. The normalized spacial score (nSPS) is 12.2. The van der Waals surface area contributed by atoms with E-state index in [0.29, 0.717) is 17.2 Å². The van der Waals surface area contributed by atoms with E-state index in [0.717, 1.165) is 5.69 Å². The fraction of sp³-hybridized carbons (Fsp3) is 0.318. The van der Waals surface area contributed by atoms with Crippen LogP contribution in [0.15, 0.2) is 59.6 Å². The number of carbonyl (C=O) groups excluding carboxylic acids is 1. The highest BCUT2D eigenvalue weighted by Gasteiger charge is 2.22. The first-order chi connectivity index (χ1) is 14.5. The Morgan fingerprint density at radius 3 is 2.29 bits per heavy atom. The molecule has 0 radical (unpaired) electrons. The third-order valence-electron chi connectivity index (χ3n) is 4.40. The Bertz CT molecular complexity index is 1160. The molecule has 0 aliphatic carbocycles. The van der Waals surface area contributed by atoms with Crippen LogP contribution in [0.5, 0.6) is 0 Å². The largest absolute Gasteiger partial charge is 0.306 e. The van der Waals surface area contributed by atoms with Gasteiger partial charge in [-0.2, -0.15) is 9.78 Å². The monoisotopic (exact) mass is 441 g/mol. The molecule has 0 unspecified atom stereocenters. The van der Waals surface area contributed by atoms with E-state index in [9.17, 15) is 13.2 Å². The lowest BCUT2D eigenvalue weighted by Crippen LogP contribution is -2.30. The first kappa shape index (κ1) is 22.6. The van der Waals surface area contributed by atoms with E-state index in [1.807, 2.05) is 32.9 Å². The van der Waals surface area contributed by atoms with E-state index in [1.165, 1.54) is 24.3 Å². The van der Waals surface area contributed by atoms with Crippen molar-refractivity contribution in [1.29, 1.82) is 0 Å². The van der Waals surface area contributed by atoms with Gasteiger partial charge in [-0.3, -0.25) is 4.79 Å². The molecular weight excluding hydrogens is 414 g/mol. The Labute approximate surface area is 182 Å². The summed E-state index contributed by atoms with van der Waals surface area (Å²) in [5, 5.41) is 7.49. The molecule has 31 heavy (non-hydrogen) atoms. The standard InChI is InChI=1S/C22H27N5O3S/c1-15(2)26-31(29,30)17-11-9-16(10-12-17)21(28)24-20-14-18(22(3,4)5)25-27(20)19-8-6-7-13-23-19/h6-15,26H,1-5H3,(H,24,28). The zero-order chi connectivity index (χ0) is 22.8. The summed E-state index contributed by atoms with van der Waals surface area (Å²) in [6, 6.07) is 12.8. The fourth-order valence-corrected chi connectivity index (χ4v) is 4.09. The molecule has 2 heterocycles. The summed E-state index contributed by atoms with van der Waals surface area (Å²) in [4.78, 5) is 17.3. The molecule has 0 atom stereocenters. The summed E-state index contributed by atoms with van der Waals surface area (Å²) in [7, 11) is -3.62. The molecule has 8 nitrogen and oxygen atoms in total. The molecule has 0 aliphatic heterocycles. The SMILES string of the molecule is CC(C)NS(=O)(=O)c1ccc(C(=O)Nc2cc(C(C)(C)C)nn2-c2ccccn2)cc1. The summed E-state index contributed by atoms with van der Waals surface area (Å²) in [5.41, 5.74) is 0.906. The van der Waals surface area contributed by atoms with Crippen LogP contribution in [0.1, 0.15) is 50.7 Å². The van der Waals surface area contributed by atoms with E-state index < -0.39 is 10.0 Å². The molecule has 0 saturated carbocycles. The van der Waals surface area contributed by atoms with Gasteiger partial charge in [0.15, 0.2) is 5.82 Å². The first-order valence-electron chi connectivity index (χ1n) is 9.93. The van der Waals surface area contributed by atoms with Crippen LogP contribution in [0.25, 0.3) is 5.82 Å². The van der Waals surface area contributed by atoms with Crippen molar-refractivity contribution in [3.8, 4) is 5.82 Å². The fourth-order valence-electron chi connectivity index (χ4n) is 2.84. The van der Waals surface area contributed by atoms with Crippen molar-refractivity contribution < 1.29 is 13.2 Å². The number of carbonyl (C=O) groups is 1. The molecule has 0 bridgehead atoms. The number of aromatic nitrogens is 3. The van der Waals surface area contributed by atoms with Crippen molar-refractivity contribution in [2.45, 2.75) is 51.0 Å². The van der Waals surface area contributed by atoms with Crippen molar-refractivity contribution in [3.05, 3.63) is 66.0 Å². The van der Waals surface area contributed by atoms with Crippen LogP contribution in [0.3, 0.4) is 0 Å². The quantitative estimate of drug-likeness (QED) is 0.609. The molecule has 9 heteroatoms. The van der Waals surface area contributed by atoms with Crippen molar-refractivity contribution in [2.75, 3.05) is 5.32 Å². The van der Waals surface area contributed by atoms with Gasteiger partial charge >= 0.3 is 0 Å². The number of amides is 1. The van der Waals surface area contributed by atoms with Crippen LogP contribution in [0.2, 0.25) is 0 Å². The lowest BCUT2D eigenvalue weighted by atomic mass is 9.92. The Kier molecular flexibility index (Phi) is 6.28. The second kappa shape index (κ2) is 8.60. The number of rotatable bonds is 6. The lowest BCUT2D eigenvalue weighted by molar-refractivity contribution is 0.102. The minimum atomic E-state index is -3.62. The third-order valence-corrected chi connectivity index (χ3v) is 6.08. The Hall–Kier alpha value is -3.04. The van der Waals surface area contributed by atoms with Gasteiger partial charge in [-0.1, -0.05) is 26.8 Å². The van der Waals surface area contributed by atoms with Gasteiger partial charge in [-0.15, -0.1) is 0 Å². The molecule has 0 saturated heterocycles. The van der Waals surface area contributed by atoms with Gasteiger partial charge < -0.3 is 5.32 Å². The summed E-state index contributed by atoms with van der Waals surface area (Å²) in [5.74, 6) is 0.680. The van der Waals surface area contributed by atoms with Crippen molar-refractivity contribution in [2.24, 2.45) is 0 Å². The molecule has 1 amide bonds. The Balaban J connectivity index is 1.89. The number of anilines is 1. The van der Waals surface area contributed by atoms with Crippen LogP contribution in [0.4, 0.5) is 5.82 Å². The summed E-state index contributed by atoms with van der Waals surface area (Å²) in [6.45, 7) is 9.60. The van der Waals surface area contributed by atoms with Gasteiger partial charge in [0, 0.05) is 29.3 Å². The predicted molar refractivity (Wildman–Crippen MR) is 120 cm³/mol. The molecule has 2 N–H and O–H groups in total. The maximum atomic E-state index is 12.9. The average Bonchev–Trinajstić information content (AvgIpc) is 3.12. The minimum Gasteiger partial charge on any atom is -0.306 e. The molecule has 2 aromatic heterocycles. The number of hydrogen-bond acceptors (Lipinski definition) is 5. The van der Waals surface area contributed by atoms with Crippen LogP contribution in [0, 0.1) is 0 Å². The van der Waals surface area contributed by atoms with Crippen LogP contribution >= 0.6 is 0 Å². The lowest BCUT2D eigenvalue weighted by Gasteiger charge is -2.13. The Morgan fingerprint density at radius 1 is 1.06 bits per heavy atom. The highest BCUT2D eigenvalue weighted by atomic mass is 32.2. The number of pyridine rings is 1. The molecule has 3 rings (SSSR count). The van der Waals surface area contributed by atoms with E-state index >= 15 is 0 Å². The van der Waals surface area contributed by atoms with Gasteiger partial charge in [0.25, 0.3) is 5.91 Å².